The number of hydrogen-bond acceptors (Lipinski definition) is 8. The highest BCUT2D eigenvalue weighted by Crippen LogP contribution is 2.35. The lowest BCUT2D eigenvalue weighted by Crippen LogP contribution is -2.49. The van der Waals surface area contributed by atoms with Crippen LogP contribution in [0.25, 0.3) is 5.57 Å². The third kappa shape index (κ3) is 5.84. The molecule has 1 aliphatic rings. The Balaban J connectivity index is 1.92. The average Bonchev–Trinajstić information content (AvgIpc) is 3.04. The molecule has 0 spiro atoms. The summed E-state index contributed by atoms with van der Waals surface area (Å²) in [6, 6.07) is 1.10. The summed E-state index contributed by atoms with van der Waals surface area (Å²) in [6.45, 7) is 1.36. The number of sulfone groups is 1. The number of carbonyl (C=O) groups excluding carboxylic acids is 1. The second-order valence-electron chi connectivity index (χ2n) is 7.73. The van der Waals surface area contributed by atoms with Crippen molar-refractivity contribution < 1.29 is 35.6 Å². The van der Waals surface area contributed by atoms with Crippen molar-refractivity contribution in [1.82, 2.24) is 20.4 Å². The minimum Gasteiger partial charge on any atom is -0.483 e. The highest BCUT2D eigenvalue weighted by atomic mass is 32.2. The number of alkyl halides is 3. The molecule has 13 heteroatoms. The maximum atomic E-state index is 12.9. The van der Waals surface area contributed by atoms with Gasteiger partial charge in [-0.25, -0.2) is 8.42 Å². The zero-order valence-corrected chi connectivity index (χ0v) is 18.3. The van der Waals surface area contributed by atoms with Gasteiger partial charge in [-0.3, -0.25) is 9.78 Å². The van der Waals surface area contributed by atoms with E-state index in [1.54, 1.807) is 0 Å². The molecule has 32 heavy (non-hydrogen) atoms. The fourth-order valence-corrected chi connectivity index (χ4v) is 4.38. The molecule has 0 aromatic carbocycles. The predicted octanol–water partition coefficient (Wildman–Crippen LogP) is 2.58. The van der Waals surface area contributed by atoms with Crippen molar-refractivity contribution >= 4 is 21.3 Å². The SMILES string of the molecule is Cc1nc(C(C)(CS(C)(=O)=O)NC(=O)c2cc(OCC(F)(F)F)c(C3=CCC3)cn2)no1. The van der Waals surface area contributed by atoms with Crippen molar-refractivity contribution in [3.05, 3.63) is 41.3 Å². The molecule has 0 bridgehead atoms. The van der Waals surface area contributed by atoms with Crippen LogP contribution in [0.3, 0.4) is 0 Å². The number of allylic oxidation sites excluding steroid dienone is 2. The van der Waals surface area contributed by atoms with E-state index in [4.69, 9.17) is 9.26 Å². The summed E-state index contributed by atoms with van der Waals surface area (Å²) in [7, 11) is -3.61. The molecule has 1 aliphatic carbocycles. The molecule has 3 rings (SSSR count). The van der Waals surface area contributed by atoms with Gasteiger partial charge in [-0.05, 0) is 25.3 Å². The number of nitrogens with zero attached hydrogens (tertiary/aromatic N) is 3. The summed E-state index contributed by atoms with van der Waals surface area (Å²) in [6.07, 6.45) is 0.939. The molecule has 1 unspecified atom stereocenters. The van der Waals surface area contributed by atoms with Crippen molar-refractivity contribution in [3.8, 4) is 5.75 Å². The van der Waals surface area contributed by atoms with Gasteiger partial charge >= 0.3 is 6.18 Å². The van der Waals surface area contributed by atoms with Crippen LogP contribution in [0.1, 0.15) is 47.5 Å². The van der Waals surface area contributed by atoms with Crippen LogP contribution in [0.2, 0.25) is 0 Å². The van der Waals surface area contributed by atoms with Gasteiger partial charge in [-0.1, -0.05) is 11.2 Å². The van der Waals surface area contributed by atoms with Gasteiger partial charge in [0.2, 0.25) is 5.89 Å². The Morgan fingerprint density at radius 2 is 2.03 bits per heavy atom. The van der Waals surface area contributed by atoms with Crippen molar-refractivity contribution in [2.45, 2.75) is 38.4 Å². The van der Waals surface area contributed by atoms with Crippen LogP contribution in [0.15, 0.2) is 22.9 Å². The molecule has 0 radical (unpaired) electrons. The number of hydrogen-bond donors (Lipinski definition) is 1. The molecule has 0 fully saturated rings. The highest BCUT2D eigenvalue weighted by Gasteiger charge is 2.38. The molecule has 2 heterocycles. The monoisotopic (exact) mass is 474 g/mol. The Hall–Kier alpha value is -2.96. The number of ether oxygens (including phenoxy) is 1. The van der Waals surface area contributed by atoms with Gasteiger partial charge in [0, 0.05) is 31.0 Å². The zero-order chi connectivity index (χ0) is 23.7. The van der Waals surface area contributed by atoms with Crippen molar-refractivity contribution in [3.63, 3.8) is 0 Å². The van der Waals surface area contributed by atoms with Crippen LogP contribution in [0.4, 0.5) is 13.2 Å². The van der Waals surface area contributed by atoms with E-state index in [0.717, 1.165) is 24.3 Å². The molecular formula is C19H21F3N4O5S. The first-order valence-corrected chi connectivity index (χ1v) is 11.5. The third-order valence-electron chi connectivity index (χ3n) is 4.60. The molecule has 174 valence electrons. The number of rotatable bonds is 8. The van der Waals surface area contributed by atoms with Crippen molar-refractivity contribution in [2.24, 2.45) is 0 Å². The first kappa shape index (κ1) is 23.7. The van der Waals surface area contributed by atoms with E-state index in [1.165, 1.54) is 20.0 Å². The topological polar surface area (TPSA) is 124 Å². The zero-order valence-electron chi connectivity index (χ0n) is 17.5. The van der Waals surface area contributed by atoms with Crippen LogP contribution < -0.4 is 10.1 Å². The smallest absolute Gasteiger partial charge is 0.422 e. The quantitative estimate of drug-likeness (QED) is 0.619. The van der Waals surface area contributed by atoms with Gasteiger partial charge < -0.3 is 14.6 Å². The number of halogens is 3. The number of nitrogens with one attached hydrogen (secondary N) is 1. The molecule has 1 N–H and O–H groups in total. The van der Waals surface area contributed by atoms with Crippen molar-refractivity contribution in [1.29, 1.82) is 0 Å². The Morgan fingerprint density at radius 1 is 1.34 bits per heavy atom. The number of aromatic nitrogens is 3. The van der Waals surface area contributed by atoms with Crippen LogP contribution in [-0.2, 0) is 15.4 Å². The van der Waals surface area contributed by atoms with Gasteiger partial charge in [0.15, 0.2) is 12.4 Å². The number of amides is 1. The molecule has 2 aromatic heterocycles. The summed E-state index contributed by atoms with van der Waals surface area (Å²) < 4.78 is 71.8. The van der Waals surface area contributed by atoms with E-state index in [-0.39, 0.29) is 23.2 Å². The van der Waals surface area contributed by atoms with Crippen LogP contribution >= 0.6 is 0 Å². The number of aryl methyl sites for hydroxylation is 1. The Bertz CT molecular complexity index is 1160. The van der Waals surface area contributed by atoms with E-state index >= 15 is 0 Å². The molecule has 2 aromatic rings. The van der Waals surface area contributed by atoms with E-state index < -0.39 is 39.8 Å². The summed E-state index contributed by atoms with van der Waals surface area (Å²) in [5.41, 5.74) is -0.701. The number of carbonyl (C=O) groups is 1. The molecule has 9 nitrogen and oxygen atoms in total. The summed E-state index contributed by atoms with van der Waals surface area (Å²) in [4.78, 5) is 20.9. The van der Waals surface area contributed by atoms with E-state index in [0.29, 0.717) is 12.0 Å². The molecule has 0 saturated carbocycles. The predicted molar refractivity (Wildman–Crippen MR) is 107 cm³/mol. The maximum Gasteiger partial charge on any atom is 0.422 e. The lowest BCUT2D eigenvalue weighted by atomic mass is 9.92. The van der Waals surface area contributed by atoms with Gasteiger partial charge in [-0.2, -0.15) is 18.2 Å². The van der Waals surface area contributed by atoms with E-state index in [9.17, 15) is 26.4 Å². The minimum absolute atomic E-state index is 0.0708. The van der Waals surface area contributed by atoms with Gasteiger partial charge in [0.05, 0.1) is 5.75 Å². The molecule has 0 saturated heterocycles. The second-order valence-corrected chi connectivity index (χ2v) is 9.87. The largest absolute Gasteiger partial charge is 0.483 e. The first-order valence-electron chi connectivity index (χ1n) is 9.46. The highest BCUT2D eigenvalue weighted by molar-refractivity contribution is 7.90. The summed E-state index contributed by atoms with van der Waals surface area (Å²) >= 11 is 0. The van der Waals surface area contributed by atoms with Crippen LogP contribution in [0, 0.1) is 6.92 Å². The lowest BCUT2D eigenvalue weighted by molar-refractivity contribution is -0.153. The van der Waals surface area contributed by atoms with Crippen molar-refractivity contribution in [2.75, 3.05) is 18.6 Å². The summed E-state index contributed by atoms with van der Waals surface area (Å²) in [5, 5.41) is 6.22. The molecule has 1 atom stereocenters. The summed E-state index contributed by atoms with van der Waals surface area (Å²) in [5.74, 6) is -1.45. The van der Waals surface area contributed by atoms with Gasteiger partial charge in [0.25, 0.3) is 5.91 Å². The molecule has 0 aliphatic heterocycles. The fourth-order valence-electron chi connectivity index (χ4n) is 3.13. The Labute approximate surface area is 182 Å². The lowest BCUT2D eigenvalue weighted by Gasteiger charge is -2.26. The normalized spacial score (nSPS) is 16.0. The minimum atomic E-state index is -4.57. The Kier molecular flexibility index (Phi) is 6.31. The van der Waals surface area contributed by atoms with Gasteiger partial charge in [0.1, 0.15) is 26.8 Å². The fraction of sp³-hybridized carbons (Fsp3) is 0.474. The van der Waals surface area contributed by atoms with Crippen LogP contribution in [0.5, 0.6) is 5.75 Å². The maximum absolute atomic E-state index is 12.9. The third-order valence-corrected chi connectivity index (χ3v) is 5.70. The Morgan fingerprint density at radius 3 is 2.53 bits per heavy atom. The van der Waals surface area contributed by atoms with Crippen LogP contribution in [-0.4, -0.2) is 54.2 Å². The molecular weight excluding hydrogens is 453 g/mol. The second kappa shape index (κ2) is 8.52. The average molecular weight is 474 g/mol. The van der Waals surface area contributed by atoms with Gasteiger partial charge in [-0.15, -0.1) is 0 Å². The van der Waals surface area contributed by atoms with E-state index in [2.05, 4.69) is 20.4 Å². The number of pyridine rings is 1. The first-order chi connectivity index (χ1) is 14.8. The molecule has 1 amide bonds. The van der Waals surface area contributed by atoms with E-state index in [1.807, 2.05) is 6.08 Å². The standard InChI is InChI=1S/C19H21F3N4O5S/c1-11-24-17(26-31-11)18(2,10-32(3,28)29)25-16(27)14-7-15(30-9-19(20,21)22)13(8-23-14)12-5-4-6-12/h5,7-8H,4,6,9-10H2,1-3H3,(H,25,27).